The summed E-state index contributed by atoms with van der Waals surface area (Å²) < 4.78 is 12.1. The third kappa shape index (κ3) is 3.72. The van der Waals surface area contributed by atoms with Crippen LogP contribution in [-0.4, -0.2) is 12.9 Å². The van der Waals surface area contributed by atoms with Crippen molar-refractivity contribution in [3.8, 4) is 11.5 Å². The van der Waals surface area contributed by atoms with Gasteiger partial charge in [-0.2, -0.15) is 0 Å². The third-order valence-electron chi connectivity index (χ3n) is 2.88. The number of methoxy groups -OCH3 is 1. The van der Waals surface area contributed by atoms with Crippen molar-refractivity contribution in [2.24, 2.45) is 0 Å². The van der Waals surface area contributed by atoms with Crippen LogP contribution in [0.3, 0.4) is 0 Å². The van der Waals surface area contributed by atoms with Crippen molar-refractivity contribution < 1.29 is 14.3 Å². The first-order valence-electron chi connectivity index (χ1n) is 6.16. The van der Waals surface area contributed by atoms with Crippen molar-refractivity contribution in [3.05, 3.63) is 57.2 Å². The zero-order valence-electron chi connectivity index (χ0n) is 11.4. The summed E-state index contributed by atoms with van der Waals surface area (Å²) in [6.07, 6.45) is 0. The highest BCUT2D eigenvalue weighted by atomic mass is 127. The molecule has 0 radical (unpaired) electrons. The van der Waals surface area contributed by atoms with Crippen LogP contribution in [-0.2, 0) is 6.61 Å². The third-order valence-corrected chi connectivity index (χ3v) is 3.59. The van der Waals surface area contributed by atoms with Crippen LogP contribution in [0.2, 0.25) is 0 Å². The monoisotopic (exact) mass is 382 g/mol. The summed E-state index contributed by atoms with van der Waals surface area (Å²) in [5, 5.41) is 0. The van der Waals surface area contributed by atoms with Gasteiger partial charge in [0.15, 0.2) is 5.78 Å². The molecule has 0 saturated heterocycles. The maximum Gasteiger partial charge on any atom is 0.163 e. The van der Waals surface area contributed by atoms with Crippen molar-refractivity contribution in [3.63, 3.8) is 0 Å². The van der Waals surface area contributed by atoms with Gasteiger partial charge in [0, 0.05) is 9.64 Å². The Balaban J connectivity index is 2.18. The van der Waals surface area contributed by atoms with Gasteiger partial charge >= 0.3 is 0 Å². The first-order chi connectivity index (χ1) is 9.60. The number of ether oxygens (including phenoxy) is 2. The Bertz CT molecular complexity index is 606. The molecule has 0 heterocycles. The minimum atomic E-state index is -0.0229. The number of carbonyl (C=O) groups excluding carboxylic acids is 1. The second-order valence-electron chi connectivity index (χ2n) is 4.33. The fraction of sp³-hybridized carbons (Fsp3) is 0.188. The molecular weight excluding hydrogens is 367 g/mol. The Morgan fingerprint density at radius 2 is 1.85 bits per heavy atom. The van der Waals surface area contributed by atoms with Gasteiger partial charge in [-0.05, 0) is 59.3 Å². The van der Waals surface area contributed by atoms with Crippen LogP contribution in [0.1, 0.15) is 22.8 Å². The predicted octanol–water partition coefficient (Wildman–Crippen LogP) is 4.08. The number of benzene rings is 2. The number of Topliss-reactive ketones (excluding diaryl/α,β-unsaturated/α-hetero) is 1. The average Bonchev–Trinajstić information content (AvgIpc) is 2.46. The van der Waals surface area contributed by atoms with Gasteiger partial charge in [0.2, 0.25) is 0 Å². The number of halogens is 1. The molecule has 3 nitrogen and oxygen atoms in total. The quantitative estimate of drug-likeness (QED) is 0.578. The molecule has 104 valence electrons. The Kier molecular flexibility index (Phi) is 5.00. The van der Waals surface area contributed by atoms with Crippen molar-refractivity contribution >= 4 is 28.4 Å². The minimum Gasteiger partial charge on any atom is -0.497 e. The smallest absolute Gasteiger partial charge is 0.163 e. The maximum absolute atomic E-state index is 11.6. The molecule has 2 aromatic rings. The van der Waals surface area contributed by atoms with Gasteiger partial charge in [-0.3, -0.25) is 4.79 Å². The molecule has 0 atom stereocenters. The van der Waals surface area contributed by atoms with Crippen molar-refractivity contribution in [2.75, 3.05) is 7.11 Å². The topological polar surface area (TPSA) is 35.5 Å². The van der Waals surface area contributed by atoms with Crippen LogP contribution in [0.25, 0.3) is 0 Å². The van der Waals surface area contributed by atoms with E-state index in [1.807, 2.05) is 24.3 Å². The lowest BCUT2D eigenvalue weighted by molar-refractivity contribution is 0.101. The molecule has 0 spiro atoms. The van der Waals surface area contributed by atoms with E-state index in [1.165, 1.54) is 10.5 Å². The van der Waals surface area contributed by atoms with Crippen LogP contribution in [0.5, 0.6) is 11.5 Å². The zero-order chi connectivity index (χ0) is 14.5. The highest BCUT2D eigenvalue weighted by molar-refractivity contribution is 14.1. The standard InChI is InChI=1S/C16H15IO3/c1-11(18)15-8-7-14(19-2)9-16(15)20-10-12-3-5-13(17)6-4-12/h3-9H,10H2,1-2H3. The molecule has 0 saturated carbocycles. The summed E-state index contributed by atoms with van der Waals surface area (Å²) >= 11 is 2.26. The molecule has 0 aromatic heterocycles. The predicted molar refractivity (Wildman–Crippen MR) is 86.5 cm³/mol. The normalized spacial score (nSPS) is 10.2. The first kappa shape index (κ1) is 14.8. The number of hydrogen-bond acceptors (Lipinski definition) is 3. The fourth-order valence-corrected chi connectivity index (χ4v) is 2.14. The molecule has 4 heteroatoms. The Morgan fingerprint density at radius 3 is 2.45 bits per heavy atom. The summed E-state index contributed by atoms with van der Waals surface area (Å²) in [6, 6.07) is 13.3. The number of ketones is 1. The Hall–Kier alpha value is -1.56. The van der Waals surface area contributed by atoms with Gasteiger partial charge in [0.1, 0.15) is 18.1 Å². The molecule has 0 aliphatic heterocycles. The summed E-state index contributed by atoms with van der Waals surface area (Å²) in [6.45, 7) is 1.95. The van der Waals surface area contributed by atoms with Crippen LogP contribution in [0.4, 0.5) is 0 Å². The Labute approximate surface area is 132 Å². The molecule has 20 heavy (non-hydrogen) atoms. The minimum absolute atomic E-state index is 0.0229. The van der Waals surface area contributed by atoms with E-state index in [0.29, 0.717) is 23.7 Å². The molecule has 0 aliphatic carbocycles. The largest absolute Gasteiger partial charge is 0.497 e. The second kappa shape index (κ2) is 6.74. The lowest BCUT2D eigenvalue weighted by Gasteiger charge is -2.11. The van der Waals surface area contributed by atoms with Crippen molar-refractivity contribution in [1.82, 2.24) is 0 Å². The van der Waals surface area contributed by atoms with Crippen LogP contribution >= 0.6 is 22.6 Å². The second-order valence-corrected chi connectivity index (χ2v) is 5.58. The molecule has 2 aromatic carbocycles. The molecule has 0 fully saturated rings. The molecule has 2 rings (SSSR count). The van der Waals surface area contributed by atoms with Crippen molar-refractivity contribution in [1.29, 1.82) is 0 Å². The highest BCUT2D eigenvalue weighted by Gasteiger charge is 2.10. The number of rotatable bonds is 5. The van der Waals surface area contributed by atoms with Crippen LogP contribution in [0.15, 0.2) is 42.5 Å². The lowest BCUT2D eigenvalue weighted by Crippen LogP contribution is -2.02. The molecule has 0 bridgehead atoms. The average molecular weight is 382 g/mol. The number of hydrogen-bond donors (Lipinski definition) is 0. The van der Waals surface area contributed by atoms with Gasteiger partial charge in [-0.1, -0.05) is 12.1 Å². The highest BCUT2D eigenvalue weighted by Crippen LogP contribution is 2.26. The van der Waals surface area contributed by atoms with E-state index >= 15 is 0 Å². The van der Waals surface area contributed by atoms with E-state index in [2.05, 4.69) is 22.6 Å². The number of carbonyl (C=O) groups is 1. The summed E-state index contributed by atoms with van der Waals surface area (Å²) in [4.78, 5) is 11.6. The van der Waals surface area contributed by atoms with Crippen LogP contribution in [0, 0.1) is 3.57 Å². The molecule has 0 N–H and O–H groups in total. The van der Waals surface area contributed by atoms with Gasteiger partial charge in [-0.15, -0.1) is 0 Å². The summed E-state index contributed by atoms with van der Waals surface area (Å²) in [5.74, 6) is 1.20. The van der Waals surface area contributed by atoms with Crippen LogP contribution < -0.4 is 9.47 Å². The van der Waals surface area contributed by atoms with E-state index < -0.39 is 0 Å². The SMILES string of the molecule is COc1ccc(C(C)=O)c(OCc2ccc(I)cc2)c1. The summed E-state index contributed by atoms with van der Waals surface area (Å²) in [5.41, 5.74) is 1.62. The fourth-order valence-electron chi connectivity index (χ4n) is 1.78. The van der Waals surface area contributed by atoms with E-state index in [1.54, 1.807) is 25.3 Å². The molecule has 0 unspecified atom stereocenters. The van der Waals surface area contributed by atoms with E-state index in [4.69, 9.17) is 9.47 Å². The molecule has 0 amide bonds. The Morgan fingerprint density at radius 1 is 1.15 bits per heavy atom. The van der Waals surface area contributed by atoms with Gasteiger partial charge in [0.25, 0.3) is 0 Å². The maximum atomic E-state index is 11.6. The first-order valence-corrected chi connectivity index (χ1v) is 7.24. The van der Waals surface area contributed by atoms with Gasteiger partial charge in [-0.25, -0.2) is 0 Å². The van der Waals surface area contributed by atoms with E-state index in [9.17, 15) is 4.79 Å². The van der Waals surface area contributed by atoms with E-state index in [-0.39, 0.29) is 5.78 Å². The molecular formula is C16H15IO3. The zero-order valence-corrected chi connectivity index (χ0v) is 13.5. The van der Waals surface area contributed by atoms with Gasteiger partial charge in [0.05, 0.1) is 12.7 Å². The molecule has 0 aliphatic rings. The summed E-state index contributed by atoms with van der Waals surface area (Å²) in [7, 11) is 1.59. The van der Waals surface area contributed by atoms with Gasteiger partial charge < -0.3 is 9.47 Å². The van der Waals surface area contributed by atoms with E-state index in [0.717, 1.165) is 5.56 Å². The van der Waals surface area contributed by atoms with Crippen molar-refractivity contribution in [2.45, 2.75) is 13.5 Å². The lowest BCUT2D eigenvalue weighted by atomic mass is 10.1.